The zero-order chi connectivity index (χ0) is 46.7. The zero-order valence-corrected chi connectivity index (χ0v) is 33.4. The summed E-state index contributed by atoms with van der Waals surface area (Å²) in [6.45, 7) is 1.80. The Kier molecular flexibility index (Phi) is 16.3. The van der Waals surface area contributed by atoms with Crippen LogP contribution in [0.3, 0.4) is 0 Å². The average Bonchev–Trinajstić information content (AvgIpc) is 3.22. The first-order valence-electron chi connectivity index (χ1n) is 19.3. The second kappa shape index (κ2) is 21.2. The maximum Gasteiger partial charge on any atom is 0.434 e. The number of hydrogen-bond acceptors (Lipinski definition) is 8. The summed E-state index contributed by atoms with van der Waals surface area (Å²) < 4.78 is 170. The van der Waals surface area contributed by atoms with Gasteiger partial charge in [0.15, 0.2) is 0 Å². The minimum Gasteiger partial charge on any atom is -0.457 e. The third-order valence-corrected chi connectivity index (χ3v) is 9.45. The molecular formula is C42H40F12N4O6. The van der Waals surface area contributed by atoms with Crippen LogP contribution in [0.5, 0.6) is 23.0 Å². The van der Waals surface area contributed by atoms with E-state index >= 15 is 0 Å². The molecule has 0 aliphatic carbocycles. The van der Waals surface area contributed by atoms with Crippen LogP contribution in [-0.2, 0) is 22.6 Å². The summed E-state index contributed by atoms with van der Waals surface area (Å²) in [6.07, 6.45) is -34.5. The molecule has 0 N–H and O–H groups in total. The van der Waals surface area contributed by atoms with E-state index in [0.29, 0.717) is 36.1 Å². The number of nitrogens with zero attached hydrogens (tertiary/aromatic N) is 4. The number of ether oxygens (including phenoxy) is 4. The molecule has 2 aliphatic heterocycles. The van der Waals surface area contributed by atoms with Gasteiger partial charge in [0.2, 0.25) is 0 Å². The Morgan fingerprint density at radius 3 is 1.02 bits per heavy atom. The van der Waals surface area contributed by atoms with Crippen LogP contribution in [0.25, 0.3) is 0 Å². The monoisotopic (exact) mass is 924 g/mol. The summed E-state index contributed by atoms with van der Waals surface area (Å²) >= 11 is 0. The summed E-state index contributed by atoms with van der Waals surface area (Å²) in [4.78, 5) is 29.2. The first-order chi connectivity index (χ1) is 30.0. The van der Waals surface area contributed by atoms with E-state index < -0.39 is 49.1 Å². The van der Waals surface area contributed by atoms with E-state index in [1.54, 1.807) is 12.1 Å². The number of hydrogen-bond donors (Lipinski definition) is 0. The van der Waals surface area contributed by atoms with Gasteiger partial charge in [0.05, 0.1) is 0 Å². The molecule has 2 saturated heterocycles. The summed E-state index contributed by atoms with van der Waals surface area (Å²) in [7, 11) is 0. The summed E-state index contributed by atoms with van der Waals surface area (Å²) in [5, 5.41) is 0. The van der Waals surface area contributed by atoms with Crippen molar-refractivity contribution >= 4 is 12.2 Å². The molecule has 0 radical (unpaired) electrons. The highest BCUT2D eigenvalue weighted by atomic mass is 19.4. The van der Waals surface area contributed by atoms with E-state index in [4.69, 9.17) is 9.47 Å². The SMILES string of the molecule is O=C(OC(C(F)(F)F)C(F)(F)F)N1CCN(Cc2cccc(Oc3ccccc3)c2)CC1.O=C(OC(C(F)(F)F)C(F)(F)F)N1CCN(Cc2cccc(Oc3ccccc3)c2)CC1. The second-order valence-corrected chi connectivity index (χ2v) is 14.3. The molecule has 0 saturated carbocycles. The number of carbonyl (C=O) groups excluding carboxylic acids is 2. The zero-order valence-electron chi connectivity index (χ0n) is 33.4. The largest absolute Gasteiger partial charge is 0.457 e. The molecule has 4 aromatic rings. The fourth-order valence-electron chi connectivity index (χ4n) is 6.35. The highest BCUT2D eigenvalue weighted by molar-refractivity contribution is 5.68. The molecule has 10 nitrogen and oxygen atoms in total. The molecule has 64 heavy (non-hydrogen) atoms. The molecule has 2 fully saturated rings. The van der Waals surface area contributed by atoms with Crippen molar-refractivity contribution in [3.63, 3.8) is 0 Å². The van der Waals surface area contributed by atoms with Gasteiger partial charge in [-0.05, 0) is 59.7 Å². The van der Waals surface area contributed by atoms with Gasteiger partial charge < -0.3 is 28.7 Å². The molecule has 2 heterocycles. The van der Waals surface area contributed by atoms with Gasteiger partial charge in [-0.25, -0.2) is 9.59 Å². The number of halogens is 12. The van der Waals surface area contributed by atoms with Gasteiger partial charge in [0, 0.05) is 65.4 Å². The highest BCUT2D eigenvalue weighted by Crippen LogP contribution is 2.37. The molecular weight excluding hydrogens is 884 g/mol. The summed E-state index contributed by atoms with van der Waals surface area (Å²) in [6, 6.07) is 33.0. The van der Waals surface area contributed by atoms with Crippen LogP contribution >= 0.6 is 0 Å². The summed E-state index contributed by atoms with van der Waals surface area (Å²) in [5.74, 6) is 2.60. The fraction of sp³-hybridized carbons (Fsp3) is 0.381. The fourth-order valence-corrected chi connectivity index (χ4v) is 6.35. The molecule has 4 aromatic carbocycles. The van der Waals surface area contributed by atoms with Gasteiger partial charge in [0.25, 0.3) is 12.2 Å². The van der Waals surface area contributed by atoms with Crippen molar-refractivity contribution in [1.82, 2.24) is 19.6 Å². The van der Waals surface area contributed by atoms with Crippen molar-refractivity contribution in [1.29, 1.82) is 0 Å². The normalized spacial score (nSPS) is 15.7. The van der Waals surface area contributed by atoms with Crippen molar-refractivity contribution in [3.05, 3.63) is 120 Å². The predicted molar refractivity (Wildman–Crippen MR) is 204 cm³/mol. The smallest absolute Gasteiger partial charge is 0.434 e. The van der Waals surface area contributed by atoms with Crippen molar-refractivity contribution in [3.8, 4) is 23.0 Å². The molecule has 0 bridgehead atoms. The van der Waals surface area contributed by atoms with E-state index in [0.717, 1.165) is 20.9 Å². The molecule has 2 amide bonds. The predicted octanol–water partition coefficient (Wildman–Crippen LogP) is 10.5. The number of piperazine rings is 2. The molecule has 0 aromatic heterocycles. The van der Waals surface area contributed by atoms with Gasteiger partial charge >= 0.3 is 36.9 Å². The third-order valence-electron chi connectivity index (χ3n) is 9.45. The standard InChI is InChI=1S/2C21H20F6N2O3/c2*22-20(23,24)18(21(25,26)27)32-19(30)29-11-9-28(10-12-29)14-15-5-4-8-17(13-15)31-16-6-2-1-3-7-16/h2*1-8,13,18H,9-12,14H2. The lowest BCUT2D eigenvalue weighted by molar-refractivity contribution is -0.309. The van der Waals surface area contributed by atoms with Crippen LogP contribution in [0, 0.1) is 0 Å². The van der Waals surface area contributed by atoms with Crippen LogP contribution in [0.2, 0.25) is 0 Å². The third kappa shape index (κ3) is 15.1. The van der Waals surface area contributed by atoms with Gasteiger partial charge in [-0.1, -0.05) is 60.7 Å². The summed E-state index contributed by atoms with van der Waals surface area (Å²) in [5.41, 5.74) is 1.81. The van der Waals surface area contributed by atoms with Gasteiger partial charge in [0.1, 0.15) is 23.0 Å². The molecule has 6 rings (SSSR count). The first-order valence-corrected chi connectivity index (χ1v) is 19.3. The average molecular weight is 925 g/mol. The molecule has 22 heteroatoms. The quantitative estimate of drug-likeness (QED) is 0.146. The Hall–Kier alpha value is -5.90. The number of rotatable bonds is 10. The highest BCUT2D eigenvalue weighted by Gasteiger charge is 2.61. The van der Waals surface area contributed by atoms with Crippen LogP contribution < -0.4 is 9.47 Å². The van der Waals surface area contributed by atoms with E-state index in [1.165, 1.54) is 0 Å². The Morgan fingerprint density at radius 2 is 0.719 bits per heavy atom. The van der Waals surface area contributed by atoms with Crippen LogP contribution in [-0.4, -0.2) is 121 Å². The van der Waals surface area contributed by atoms with Gasteiger partial charge in [-0.15, -0.1) is 0 Å². The number of amides is 2. The number of para-hydroxylation sites is 2. The van der Waals surface area contributed by atoms with Crippen molar-refractivity contribution < 1.29 is 81.2 Å². The van der Waals surface area contributed by atoms with E-state index in [1.807, 2.05) is 107 Å². The van der Waals surface area contributed by atoms with E-state index in [-0.39, 0.29) is 52.4 Å². The molecule has 2 aliphatic rings. The van der Waals surface area contributed by atoms with Crippen LogP contribution in [0.1, 0.15) is 11.1 Å². The van der Waals surface area contributed by atoms with Crippen molar-refractivity contribution in [2.24, 2.45) is 0 Å². The number of benzene rings is 4. The Labute approximate surface area is 358 Å². The number of carbonyl (C=O) groups is 2. The molecule has 0 atom stereocenters. The Morgan fingerprint density at radius 1 is 0.422 bits per heavy atom. The van der Waals surface area contributed by atoms with Gasteiger partial charge in [-0.3, -0.25) is 9.80 Å². The lowest BCUT2D eigenvalue weighted by Gasteiger charge is -2.35. The molecule has 0 spiro atoms. The van der Waals surface area contributed by atoms with E-state index in [2.05, 4.69) is 9.47 Å². The minimum atomic E-state index is -5.73. The lowest BCUT2D eigenvalue weighted by atomic mass is 10.2. The minimum absolute atomic E-state index is 0.0541. The molecule has 348 valence electrons. The lowest BCUT2D eigenvalue weighted by Crippen LogP contribution is -2.52. The van der Waals surface area contributed by atoms with Crippen molar-refractivity contribution in [2.45, 2.75) is 50.0 Å². The van der Waals surface area contributed by atoms with Crippen molar-refractivity contribution in [2.75, 3.05) is 52.4 Å². The van der Waals surface area contributed by atoms with Gasteiger partial charge in [-0.2, -0.15) is 52.7 Å². The van der Waals surface area contributed by atoms with Crippen LogP contribution in [0.15, 0.2) is 109 Å². The Bertz CT molecular complexity index is 1910. The Balaban J connectivity index is 0.000000241. The topological polar surface area (TPSA) is 84.0 Å². The van der Waals surface area contributed by atoms with Crippen LogP contribution in [0.4, 0.5) is 62.3 Å². The maximum absolute atomic E-state index is 12.6. The number of alkyl halides is 12. The van der Waals surface area contributed by atoms with E-state index in [9.17, 15) is 62.3 Å². The first kappa shape index (κ1) is 49.1. The maximum atomic E-state index is 12.6. The second-order valence-electron chi connectivity index (χ2n) is 14.3. The molecule has 0 unspecified atom stereocenters.